The first kappa shape index (κ1) is 13.1. The molecular formula is C12H16ClN3O2. The van der Waals surface area contributed by atoms with Crippen molar-refractivity contribution in [2.75, 3.05) is 31.5 Å². The summed E-state index contributed by atoms with van der Waals surface area (Å²) in [7, 11) is 0. The summed E-state index contributed by atoms with van der Waals surface area (Å²) in [5.41, 5.74) is -0.108. The molecule has 1 saturated heterocycles. The quantitative estimate of drug-likeness (QED) is 0.855. The highest BCUT2D eigenvalue weighted by molar-refractivity contribution is 6.33. The minimum absolute atomic E-state index is 0.108. The van der Waals surface area contributed by atoms with Crippen molar-refractivity contribution >= 4 is 23.4 Å². The SMILES string of the molecule is O=C(O)c1nc(NCCN2CCCC2)ccc1Cl. The van der Waals surface area contributed by atoms with E-state index in [2.05, 4.69) is 15.2 Å². The number of halogens is 1. The number of pyridine rings is 1. The Bertz CT molecular complexity index is 433. The molecule has 0 atom stereocenters. The molecule has 0 aromatic carbocycles. The molecule has 1 aliphatic rings. The molecule has 0 saturated carbocycles. The number of likely N-dealkylation sites (tertiary alicyclic amines) is 1. The molecule has 2 heterocycles. The van der Waals surface area contributed by atoms with Gasteiger partial charge in [-0.25, -0.2) is 9.78 Å². The highest BCUT2D eigenvalue weighted by atomic mass is 35.5. The zero-order valence-electron chi connectivity index (χ0n) is 10.0. The van der Waals surface area contributed by atoms with Crippen LogP contribution in [0.15, 0.2) is 12.1 Å². The van der Waals surface area contributed by atoms with Crippen molar-refractivity contribution in [3.63, 3.8) is 0 Å². The first-order valence-electron chi connectivity index (χ1n) is 6.03. The van der Waals surface area contributed by atoms with E-state index < -0.39 is 5.97 Å². The molecule has 1 fully saturated rings. The van der Waals surface area contributed by atoms with Gasteiger partial charge in [-0.15, -0.1) is 0 Å². The van der Waals surface area contributed by atoms with Gasteiger partial charge in [-0.3, -0.25) is 0 Å². The van der Waals surface area contributed by atoms with Crippen LogP contribution in [0.2, 0.25) is 5.02 Å². The fourth-order valence-corrected chi connectivity index (χ4v) is 2.22. The molecule has 1 aliphatic heterocycles. The summed E-state index contributed by atoms with van der Waals surface area (Å²) in [6, 6.07) is 3.24. The molecule has 0 bridgehead atoms. The van der Waals surface area contributed by atoms with Crippen LogP contribution >= 0.6 is 11.6 Å². The van der Waals surface area contributed by atoms with Crippen molar-refractivity contribution in [3.05, 3.63) is 22.8 Å². The van der Waals surface area contributed by atoms with Crippen molar-refractivity contribution in [2.24, 2.45) is 0 Å². The van der Waals surface area contributed by atoms with Crippen LogP contribution in [0.5, 0.6) is 0 Å². The van der Waals surface area contributed by atoms with Crippen LogP contribution in [0.25, 0.3) is 0 Å². The molecule has 0 spiro atoms. The summed E-state index contributed by atoms with van der Waals surface area (Å²) in [6.45, 7) is 4.01. The molecule has 0 aliphatic carbocycles. The van der Waals surface area contributed by atoms with Crippen LogP contribution in [0, 0.1) is 0 Å². The van der Waals surface area contributed by atoms with Crippen LogP contribution in [0.1, 0.15) is 23.3 Å². The third kappa shape index (κ3) is 3.34. The van der Waals surface area contributed by atoms with E-state index in [0.717, 1.165) is 26.2 Å². The van der Waals surface area contributed by atoms with Crippen molar-refractivity contribution in [2.45, 2.75) is 12.8 Å². The lowest BCUT2D eigenvalue weighted by Crippen LogP contribution is -2.26. The Labute approximate surface area is 111 Å². The molecule has 1 aromatic heterocycles. The van der Waals surface area contributed by atoms with Gasteiger partial charge >= 0.3 is 5.97 Å². The Kier molecular flexibility index (Phi) is 4.38. The predicted octanol–water partition coefficient (Wildman–Crippen LogP) is 1.94. The van der Waals surface area contributed by atoms with Gasteiger partial charge in [0.1, 0.15) is 5.82 Å². The number of aromatic carboxylic acids is 1. The molecule has 0 amide bonds. The largest absolute Gasteiger partial charge is 0.476 e. The molecule has 0 unspecified atom stereocenters. The number of carboxylic acid groups (broad SMARTS) is 1. The third-order valence-corrected chi connectivity index (χ3v) is 3.29. The van der Waals surface area contributed by atoms with Crippen LogP contribution in [0.4, 0.5) is 5.82 Å². The zero-order valence-corrected chi connectivity index (χ0v) is 10.8. The van der Waals surface area contributed by atoms with Crippen molar-refractivity contribution in [1.82, 2.24) is 9.88 Å². The van der Waals surface area contributed by atoms with Gasteiger partial charge in [0.05, 0.1) is 5.02 Å². The van der Waals surface area contributed by atoms with Gasteiger partial charge in [0.2, 0.25) is 0 Å². The monoisotopic (exact) mass is 269 g/mol. The molecule has 98 valence electrons. The normalized spacial score (nSPS) is 15.8. The van der Waals surface area contributed by atoms with E-state index in [9.17, 15) is 4.79 Å². The molecule has 2 N–H and O–H groups in total. The van der Waals surface area contributed by atoms with Crippen molar-refractivity contribution in [1.29, 1.82) is 0 Å². The summed E-state index contributed by atoms with van der Waals surface area (Å²) in [5, 5.41) is 12.2. The van der Waals surface area contributed by atoms with Crippen molar-refractivity contribution < 1.29 is 9.90 Å². The second-order valence-corrected chi connectivity index (χ2v) is 4.71. The Morgan fingerprint density at radius 3 is 2.83 bits per heavy atom. The van der Waals surface area contributed by atoms with Crippen LogP contribution in [0.3, 0.4) is 0 Å². The fraction of sp³-hybridized carbons (Fsp3) is 0.500. The minimum Gasteiger partial charge on any atom is -0.476 e. The Morgan fingerprint density at radius 1 is 1.44 bits per heavy atom. The lowest BCUT2D eigenvalue weighted by molar-refractivity contribution is 0.0691. The highest BCUT2D eigenvalue weighted by Crippen LogP contribution is 2.16. The average molecular weight is 270 g/mol. The second kappa shape index (κ2) is 6.02. The number of hydrogen-bond acceptors (Lipinski definition) is 4. The van der Waals surface area contributed by atoms with Crippen molar-refractivity contribution in [3.8, 4) is 0 Å². The van der Waals surface area contributed by atoms with Gasteiger partial charge in [0, 0.05) is 13.1 Å². The Balaban J connectivity index is 1.88. The zero-order chi connectivity index (χ0) is 13.0. The molecular weight excluding hydrogens is 254 g/mol. The first-order valence-corrected chi connectivity index (χ1v) is 6.40. The molecule has 18 heavy (non-hydrogen) atoms. The summed E-state index contributed by atoms with van der Waals surface area (Å²) in [5.74, 6) is -0.556. The summed E-state index contributed by atoms with van der Waals surface area (Å²) >= 11 is 5.75. The Hall–Kier alpha value is -1.33. The van der Waals surface area contributed by atoms with Gasteiger partial charge in [0.15, 0.2) is 5.69 Å². The van der Waals surface area contributed by atoms with E-state index in [1.165, 1.54) is 12.8 Å². The van der Waals surface area contributed by atoms with E-state index in [-0.39, 0.29) is 10.7 Å². The lowest BCUT2D eigenvalue weighted by atomic mass is 10.3. The summed E-state index contributed by atoms with van der Waals surface area (Å²) in [6.07, 6.45) is 2.53. The van der Waals surface area contributed by atoms with E-state index >= 15 is 0 Å². The minimum atomic E-state index is -1.11. The van der Waals surface area contributed by atoms with E-state index in [1.54, 1.807) is 12.1 Å². The smallest absolute Gasteiger partial charge is 0.356 e. The number of aromatic nitrogens is 1. The molecule has 2 rings (SSSR count). The first-order chi connectivity index (χ1) is 8.66. The maximum absolute atomic E-state index is 10.9. The van der Waals surface area contributed by atoms with Gasteiger partial charge in [-0.1, -0.05) is 11.6 Å². The summed E-state index contributed by atoms with van der Waals surface area (Å²) < 4.78 is 0. The van der Waals surface area contributed by atoms with Crippen LogP contribution in [-0.4, -0.2) is 47.1 Å². The van der Waals surface area contributed by atoms with Gasteiger partial charge in [-0.05, 0) is 38.1 Å². The number of carboxylic acids is 1. The standard InChI is InChI=1S/C12H16ClN3O2/c13-9-3-4-10(15-11(9)12(17)18)14-5-8-16-6-1-2-7-16/h3-4H,1-2,5-8H2,(H,14,15)(H,17,18). The lowest BCUT2D eigenvalue weighted by Gasteiger charge is -2.15. The highest BCUT2D eigenvalue weighted by Gasteiger charge is 2.12. The van der Waals surface area contributed by atoms with Gasteiger partial charge in [-0.2, -0.15) is 0 Å². The maximum atomic E-state index is 10.9. The molecule has 1 aromatic rings. The van der Waals surface area contributed by atoms with E-state index in [1.807, 2.05) is 0 Å². The molecule has 5 nitrogen and oxygen atoms in total. The number of rotatable bonds is 5. The van der Waals surface area contributed by atoms with Gasteiger partial charge < -0.3 is 15.3 Å². The number of hydrogen-bond donors (Lipinski definition) is 2. The number of nitrogens with zero attached hydrogens (tertiary/aromatic N) is 2. The van der Waals surface area contributed by atoms with E-state index in [0.29, 0.717) is 5.82 Å². The molecule has 6 heteroatoms. The number of carbonyl (C=O) groups is 1. The predicted molar refractivity (Wildman–Crippen MR) is 70.4 cm³/mol. The topological polar surface area (TPSA) is 65.5 Å². The number of nitrogens with one attached hydrogen (secondary N) is 1. The summed E-state index contributed by atoms with van der Waals surface area (Å²) in [4.78, 5) is 17.2. The average Bonchev–Trinajstić information content (AvgIpc) is 2.84. The van der Waals surface area contributed by atoms with Crippen LogP contribution < -0.4 is 5.32 Å². The second-order valence-electron chi connectivity index (χ2n) is 4.31. The maximum Gasteiger partial charge on any atom is 0.356 e. The molecule has 0 radical (unpaired) electrons. The van der Waals surface area contributed by atoms with Gasteiger partial charge in [0.25, 0.3) is 0 Å². The number of anilines is 1. The fourth-order valence-electron chi connectivity index (χ4n) is 2.04. The Morgan fingerprint density at radius 2 is 2.17 bits per heavy atom. The van der Waals surface area contributed by atoms with E-state index in [4.69, 9.17) is 16.7 Å². The van der Waals surface area contributed by atoms with Crippen LogP contribution in [-0.2, 0) is 0 Å². The third-order valence-electron chi connectivity index (χ3n) is 2.98.